The van der Waals surface area contributed by atoms with Crippen molar-refractivity contribution in [2.24, 2.45) is 0 Å². The second kappa shape index (κ2) is 7.27. The summed E-state index contributed by atoms with van der Waals surface area (Å²) in [6.45, 7) is 2.79. The Morgan fingerprint density at radius 2 is 1.95 bits per heavy atom. The van der Waals surface area contributed by atoms with Gasteiger partial charge in [-0.1, -0.05) is 18.5 Å². The van der Waals surface area contributed by atoms with Gasteiger partial charge in [-0.25, -0.2) is 8.78 Å². The minimum Gasteiger partial charge on any atom is -0.492 e. The number of benzene rings is 2. The van der Waals surface area contributed by atoms with Crippen LogP contribution in [0.2, 0.25) is 5.02 Å². The van der Waals surface area contributed by atoms with Gasteiger partial charge in [0.25, 0.3) is 0 Å². The van der Waals surface area contributed by atoms with Crippen LogP contribution in [-0.2, 0) is 6.54 Å². The highest BCUT2D eigenvalue weighted by Gasteiger charge is 2.06. The third kappa shape index (κ3) is 4.33. The highest BCUT2D eigenvalue weighted by molar-refractivity contribution is 6.32. The Kier molecular flexibility index (Phi) is 5.39. The van der Waals surface area contributed by atoms with E-state index < -0.39 is 11.6 Å². The second-order valence-electron chi connectivity index (χ2n) is 4.58. The summed E-state index contributed by atoms with van der Waals surface area (Å²) < 4.78 is 32.0. The summed E-state index contributed by atoms with van der Waals surface area (Å²) in [7, 11) is 0. The van der Waals surface area contributed by atoms with Gasteiger partial charge in [0.2, 0.25) is 0 Å². The number of rotatable bonds is 6. The number of halogens is 3. The minimum absolute atomic E-state index is 0.176. The van der Waals surface area contributed by atoms with Crippen LogP contribution in [0.25, 0.3) is 0 Å². The SMILES string of the molecule is CCCOc1ccc(NCc2cc(F)ccc2F)cc1Cl. The molecule has 21 heavy (non-hydrogen) atoms. The standard InChI is InChI=1S/C16H16ClF2NO/c1-2-7-21-16-6-4-13(9-14(16)17)20-10-11-8-12(18)3-5-15(11)19/h3-6,8-9,20H,2,7,10H2,1H3. The minimum atomic E-state index is -0.463. The van der Waals surface area contributed by atoms with Gasteiger partial charge in [0.15, 0.2) is 0 Å². The molecule has 2 nitrogen and oxygen atoms in total. The van der Waals surface area contributed by atoms with Crippen LogP contribution in [0.15, 0.2) is 36.4 Å². The molecular weight excluding hydrogens is 296 g/mol. The fraction of sp³-hybridized carbons (Fsp3) is 0.250. The Morgan fingerprint density at radius 3 is 2.67 bits per heavy atom. The van der Waals surface area contributed by atoms with Gasteiger partial charge < -0.3 is 10.1 Å². The molecule has 0 fully saturated rings. The molecule has 0 heterocycles. The normalized spacial score (nSPS) is 10.5. The lowest BCUT2D eigenvalue weighted by atomic mass is 10.2. The maximum absolute atomic E-state index is 13.5. The van der Waals surface area contributed by atoms with E-state index in [1.807, 2.05) is 6.92 Å². The van der Waals surface area contributed by atoms with Crippen molar-refractivity contribution in [1.82, 2.24) is 0 Å². The van der Waals surface area contributed by atoms with Crippen LogP contribution < -0.4 is 10.1 Å². The first-order chi connectivity index (χ1) is 10.1. The smallest absolute Gasteiger partial charge is 0.138 e. The average molecular weight is 312 g/mol. The van der Waals surface area contributed by atoms with Gasteiger partial charge in [0.05, 0.1) is 11.6 Å². The van der Waals surface area contributed by atoms with Crippen LogP contribution in [0, 0.1) is 11.6 Å². The van der Waals surface area contributed by atoms with Gasteiger partial charge in [0.1, 0.15) is 17.4 Å². The van der Waals surface area contributed by atoms with E-state index in [4.69, 9.17) is 16.3 Å². The summed E-state index contributed by atoms with van der Waals surface area (Å²) in [5.74, 6) is -0.298. The van der Waals surface area contributed by atoms with Gasteiger partial charge in [-0.05, 0) is 42.8 Å². The van der Waals surface area contributed by atoms with Crippen LogP contribution in [0.1, 0.15) is 18.9 Å². The fourth-order valence-electron chi connectivity index (χ4n) is 1.82. The maximum atomic E-state index is 13.5. The molecule has 2 rings (SSSR count). The average Bonchev–Trinajstić information content (AvgIpc) is 2.47. The zero-order valence-corrected chi connectivity index (χ0v) is 12.4. The van der Waals surface area contributed by atoms with Gasteiger partial charge in [-0.3, -0.25) is 0 Å². The van der Waals surface area contributed by atoms with E-state index in [1.165, 1.54) is 6.07 Å². The maximum Gasteiger partial charge on any atom is 0.138 e. The molecule has 0 aliphatic carbocycles. The number of hydrogen-bond donors (Lipinski definition) is 1. The van der Waals surface area contributed by atoms with Crippen LogP contribution in [0.4, 0.5) is 14.5 Å². The lowest BCUT2D eigenvalue weighted by Crippen LogP contribution is -2.03. The van der Waals surface area contributed by atoms with Crippen molar-refractivity contribution in [2.45, 2.75) is 19.9 Å². The second-order valence-corrected chi connectivity index (χ2v) is 4.99. The summed E-state index contributed by atoms with van der Waals surface area (Å²) in [5, 5.41) is 3.49. The van der Waals surface area contributed by atoms with E-state index in [9.17, 15) is 8.78 Å². The number of anilines is 1. The molecule has 0 radical (unpaired) electrons. The number of nitrogens with one attached hydrogen (secondary N) is 1. The molecule has 5 heteroatoms. The predicted octanol–water partition coefficient (Wildman–Crippen LogP) is 5.02. The summed E-state index contributed by atoms with van der Waals surface area (Å²) in [5.41, 5.74) is 0.977. The Hall–Kier alpha value is -1.81. The Balaban J connectivity index is 2.03. The highest BCUT2D eigenvalue weighted by Crippen LogP contribution is 2.28. The van der Waals surface area contributed by atoms with E-state index >= 15 is 0 Å². The van der Waals surface area contributed by atoms with Gasteiger partial charge in [-0.15, -0.1) is 0 Å². The summed E-state index contributed by atoms with van der Waals surface area (Å²) >= 11 is 6.10. The van der Waals surface area contributed by atoms with Crippen molar-refractivity contribution >= 4 is 17.3 Å². The van der Waals surface area contributed by atoms with E-state index in [-0.39, 0.29) is 12.1 Å². The molecule has 0 saturated heterocycles. The molecule has 1 N–H and O–H groups in total. The van der Waals surface area contributed by atoms with Crippen LogP contribution in [-0.4, -0.2) is 6.61 Å². The molecule has 0 saturated carbocycles. The Bertz CT molecular complexity index is 619. The third-order valence-electron chi connectivity index (χ3n) is 2.88. The van der Waals surface area contributed by atoms with Crippen molar-refractivity contribution in [2.75, 3.05) is 11.9 Å². The fourth-order valence-corrected chi connectivity index (χ4v) is 2.05. The number of hydrogen-bond acceptors (Lipinski definition) is 2. The quantitative estimate of drug-likeness (QED) is 0.809. The molecule has 2 aromatic rings. The largest absolute Gasteiger partial charge is 0.492 e. The Morgan fingerprint density at radius 1 is 1.14 bits per heavy atom. The molecule has 0 atom stereocenters. The molecule has 2 aromatic carbocycles. The molecule has 0 amide bonds. The first-order valence-corrected chi connectivity index (χ1v) is 7.08. The lowest BCUT2D eigenvalue weighted by molar-refractivity contribution is 0.317. The van der Waals surface area contributed by atoms with E-state index in [1.54, 1.807) is 18.2 Å². The summed E-state index contributed by atoms with van der Waals surface area (Å²) in [6, 6.07) is 8.61. The first-order valence-electron chi connectivity index (χ1n) is 6.70. The van der Waals surface area contributed by atoms with Gasteiger partial charge in [0, 0.05) is 17.8 Å². The molecule has 0 spiro atoms. The topological polar surface area (TPSA) is 21.3 Å². The molecule has 112 valence electrons. The first kappa shape index (κ1) is 15.6. The molecule has 0 aromatic heterocycles. The lowest BCUT2D eigenvalue weighted by Gasteiger charge is -2.11. The zero-order chi connectivity index (χ0) is 15.2. The van der Waals surface area contributed by atoms with Crippen molar-refractivity contribution in [3.05, 3.63) is 58.6 Å². The van der Waals surface area contributed by atoms with E-state index in [0.29, 0.717) is 23.1 Å². The highest BCUT2D eigenvalue weighted by atomic mass is 35.5. The third-order valence-corrected chi connectivity index (χ3v) is 3.18. The van der Waals surface area contributed by atoms with E-state index in [2.05, 4.69) is 5.32 Å². The zero-order valence-electron chi connectivity index (χ0n) is 11.6. The van der Waals surface area contributed by atoms with Gasteiger partial charge >= 0.3 is 0 Å². The van der Waals surface area contributed by atoms with Crippen molar-refractivity contribution in [3.63, 3.8) is 0 Å². The van der Waals surface area contributed by atoms with Crippen molar-refractivity contribution in [1.29, 1.82) is 0 Å². The van der Waals surface area contributed by atoms with Crippen molar-refractivity contribution < 1.29 is 13.5 Å². The molecule has 0 aliphatic heterocycles. The predicted molar refractivity (Wildman–Crippen MR) is 80.9 cm³/mol. The van der Waals surface area contributed by atoms with Gasteiger partial charge in [-0.2, -0.15) is 0 Å². The van der Waals surface area contributed by atoms with Crippen LogP contribution in [0.5, 0.6) is 5.75 Å². The summed E-state index contributed by atoms with van der Waals surface area (Å²) in [4.78, 5) is 0. The molecule has 0 unspecified atom stereocenters. The molecule has 0 aliphatic rings. The van der Waals surface area contributed by atoms with E-state index in [0.717, 1.165) is 18.6 Å². The van der Waals surface area contributed by atoms with Crippen molar-refractivity contribution in [3.8, 4) is 5.75 Å². The molecular formula is C16H16ClF2NO. The molecule has 0 bridgehead atoms. The Labute approximate surface area is 127 Å². The van der Waals surface area contributed by atoms with Crippen LogP contribution >= 0.6 is 11.6 Å². The van der Waals surface area contributed by atoms with Crippen LogP contribution in [0.3, 0.4) is 0 Å². The summed E-state index contributed by atoms with van der Waals surface area (Å²) in [6.07, 6.45) is 0.898. The number of ether oxygens (including phenoxy) is 1. The monoisotopic (exact) mass is 311 g/mol.